The number of aryl methyl sites for hydroxylation is 1. The van der Waals surface area contributed by atoms with Gasteiger partial charge in [-0.05, 0) is 44.5 Å². The van der Waals surface area contributed by atoms with Gasteiger partial charge in [-0.1, -0.05) is 12.1 Å². The Kier molecular flexibility index (Phi) is 4.73. The van der Waals surface area contributed by atoms with Crippen LogP contribution >= 0.6 is 0 Å². The first kappa shape index (κ1) is 17.8. The number of hydrogen-bond donors (Lipinski definition) is 1. The lowest BCUT2D eigenvalue weighted by atomic mass is 10.1. The number of nitrogens with one attached hydrogen (secondary N) is 1. The number of fused-ring (bicyclic) bond motifs is 3. The van der Waals surface area contributed by atoms with Crippen molar-refractivity contribution in [3.63, 3.8) is 0 Å². The summed E-state index contributed by atoms with van der Waals surface area (Å²) in [4.78, 5) is 7.13. The first-order chi connectivity index (χ1) is 13.1. The maximum absolute atomic E-state index is 9.59. The Morgan fingerprint density at radius 2 is 2.00 bits per heavy atom. The molecule has 2 aromatic heterocycles. The average Bonchev–Trinajstić information content (AvgIpc) is 3.00. The molecule has 1 aromatic carbocycles. The lowest BCUT2D eigenvalue weighted by Crippen LogP contribution is -2.46. The number of aromatic nitrogens is 2. The largest absolute Gasteiger partial charge is 0.373 e. The van der Waals surface area contributed by atoms with Crippen LogP contribution < -0.4 is 5.32 Å². The van der Waals surface area contributed by atoms with Gasteiger partial charge in [0.1, 0.15) is 11.9 Å². The van der Waals surface area contributed by atoms with E-state index in [9.17, 15) is 5.26 Å². The number of anilines is 1. The number of nitrogens with zero attached hydrogens (tertiary/aromatic N) is 4. The lowest BCUT2D eigenvalue weighted by molar-refractivity contribution is -0.0667. The number of para-hydroxylation sites is 2. The quantitative estimate of drug-likeness (QED) is 0.771. The van der Waals surface area contributed by atoms with Crippen LogP contribution in [0.1, 0.15) is 25.0 Å². The molecule has 0 saturated carbocycles. The molecule has 27 heavy (non-hydrogen) atoms. The van der Waals surface area contributed by atoms with Gasteiger partial charge in [-0.2, -0.15) is 5.26 Å². The molecule has 140 valence electrons. The van der Waals surface area contributed by atoms with Gasteiger partial charge in [-0.15, -0.1) is 0 Å². The van der Waals surface area contributed by atoms with Gasteiger partial charge in [0, 0.05) is 26.2 Å². The number of morpholine rings is 1. The van der Waals surface area contributed by atoms with E-state index in [1.165, 1.54) is 0 Å². The van der Waals surface area contributed by atoms with Crippen molar-refractivity contribution < 1.29 is 4.74 Å². The summed E-state index contributed by atoms with van der Waals surface area (Å²) in [6, 6.07) is 12.4. The van der Waals surface area contributed by atoms with Gasteiger partial charge in [-0.25, -0.2) is 4.98 Å². The van der Waals surface area contributed by atoms with Gasteiger partial charge in [0.2, 0.25) is 0 Å². The summed E-state index contributed by atoms with van der Waals surface area (Å²) >= 11 is 0. The summed E-state index contributed by atoms with van der Waals surface area (Å²) in [5.74, 6) is 0.976. The zero-order chi connectivity index (χ0) is 19.0. The highest BCUT2D eigenvalue weighted by atomic mass is 16.5. The van der Waals surface area contributed by atoms with Crippen molar-refractivity contribution in [2.45, 2.75) is 33.0 Å². The number of pyridine rings is 1. The molecule has 0 radical (unpaired) electrons. The highest BCUT2D eigenvalue weighted by Gasteiger charge is 2.21. The molecule has 2 atom stereocenters. The van der Waals surface area contributed by atoms with Crippen LogP contribution in [0, 0.1) is 18.3 Å². The molecule has 6 nitrogen and oxygen atoms in total. The summed E-state index contributed by atoms with van der Waals surface area (Å²) in [5, 5.41) is 13.2. The van der Waals surface area contributed by atoms with Crippen molar-refractivity contribution in [3.8, 4) is 6.07 Å². The van der Waals surface area contributed by atoms with Gasteiger partial charge in [-0.3, -0.25) is 9.30 Å². The van der Waals surface area contributed by atoms with Crippen LogP contribution in [0.3, 0.4) is 0 Å². The van der Waals surface area contributed by atoms with E-state index in [1.54, 1.807) is 0 Å². The van der Waals surface area contributed by atoms with Gasteiger partial charge < -0.3 is 10.1 Å². The maximum atomic E-state index is 9.59. The summed E-state index contributed by atoms with van der Waals surface area (Å²) in [7, 11) is 0. The number of nitriles is 1. The summed E-state index contributed by atoms with van der Waals surface area (Å²) in [6.07, 6.45) is 0.547. The zero-order valence-corrected chi connectivity index (χ0v) is 16.1. The van der Waals surface area contributed by atoms with Crippen molar-refractivity contribution in [2.24, 2.45) is 0 Å². The fraction of sp³-hybridized carbons (Fsp3) is 0.429. The minimum absolute atomic E-state index is 0.273. The second-order valence-corrected chi connectivity index (χ2v) is 7.40. The molecule has 0 unspecified atom stereocenters. The molecule has 1 aliphatic rings. The SMILES string of the molecule is Cc1cc(NCCN2C[C@@H](C)O[C@H](C)C2)n2c(nc3ccccc32)c1C#N. The zero-order valence-electron chi connectivity index (χ0n) is 16.1. The molecule has 1 aliphatic heterocycles. The Hall–Kier alpha value is -2.62. The second-order valence-electron chi connectivity index (χ2n) is 7.40. The van der Waals surface area contributed by atoms with E-state index < -0.39 is 0 Å². The Balaban J connectivity index is 1.63. The van der Waals surface area contributed by atoms with E-state index in [0.29, 0.717) is 5.56 Å². The Morgan fingerprint density at radius 3 is 2.74 bits per heavy atom. The smallest absolute Gasteiger partial charge is 0.157 e. The minimum Gasteiger partial charge on any atom is -0.373 e. The third-order valence-electron chi connectivity index (χ3n) is 5.11. The maximum Gasteiger partial charge on any atom is 0.157 e. The van der Waals surface area contributed by atoms with Crippen molar-refractivity contribution >= 4 is 22.5 Å². The van der Waals surface area contributed by atoms with Crippen LogP contribution in [0.15, 0.2) is 30.3 Å². The highest BCUT2D eigenvalue weighted by Crippen LogP contribution is 2.26. The monoisotopic (exact) mass is 363 g/mol. The number of rotatable bonds is 4. The average molecular weight is 363 g/mol. The number of ether oxygens (including phenoxy) is 1. The molecular formula is C21H25N5O. The van der Waals surface area contributed by atoms with Gasteiger partial charge in [0.15, 0.2) is 5.65 Å². The third kappa shape index (κ3) is 3.36. The number of imidazole rings is 1. The fourth-order valence-electron chi connectivity index (χ4n) is 4.03. The first-order valence-corrected chi connectivity index (χ1v) is 9.49. The topological polar surface area (TPSA) is 65.6 Å². The second kappa shape index (κ2) is 7.18. The van der Waals surface area contributed by atoms with E-state index in [-0.39, 0.29) is 12.2 Å². The van der Waals surface area contributed by atoms with Gasteiger partial charge >= 0.3 is 0 Å². The fourth-order valence-corrected chi connectivity index (χ4v) is 4.03. The molecule has 0 amide bonds. The van der Waals surface area contributed by atoms with E-state index in [0.717, 1.165) is 54.2 Å². The predicted molar refractivity (Wildman–Crippen MR) is 107 cm³/mol. The Bertz CT molecular complexity index is 1010. The predicted octanol–water partition coefficient (Wildman–Crippen LogP) is 3.19. The summed E-state index contributed by atoms with van der Waals surface area (Å²) in [5.41, 5.74) is 4.21. The molecule has 0 spiro atoms. The normalized spacial score (nSPS) is 20.8. The molecule has 3 heterocycles. The van der Waals surface area contributed by atoms with Crippen LogP contribution in [0.2, 0.25) is 0 Å². The molecule has 3 aromatic rings. The van der Waals surface area contributed by atoms with Crippen LogP contribution in [0.25, 0.3) is 16.7 Å². The molecule has 0 aliphatic carbocycles. The molecule has 6 heteroatoms. The van der Waals surface area contributed by atoms with Crippen LogP contribution in [0.5, 0.6) is 0 Å². The molecule has 1 saturated heterocycles. The van der Waals surface area contributed by atoms with Crippen molar-refractivity contribution in [2.75, 3.05) is 31.5 Å². The third-order valence-corrected chi connectivity index (χ3v) is 5.11. The van der Waals surface area contributed by atoms with Gasteiger partial charge in [0.05, 0.1) is 28.8 Å². The van der Waals surface area contributed by atoms with E-state index in [2.05, 4.69) is 34.5 Å². The van der Waals surface area contributed by atoms with Crippen molar-refractivity contribution in [1.82, 2.24) is 14.3 Å². The Labute approximate surface area is 159 Å². The minimum atomic E-state index is 0.273. The standard InChI is InChI=1S/C21H25N5O/c1-14-10-20(23-8-9-25-12-15(2)27-16(3)13-25)26-19-7-5-4-6-18(19)24-21(26)17(14)11-22/h4-7,10,15-16,23H,8-9,12-13H2,1-3H3/t15-,16-/m1/s1. The lowest BCUT2D eigenvalue weighted by Gasteiger charge is -2.35. The molecule has 1 N–H and O–H groups in total. The summed E-state index contributed by atoms with van der Waals surface area (Å²) in [6.45, 7) is 9.91. The Morgan fingerprint density at radius 1 is 1.26 bits per heavy atom. The molecular weight excluding hydrogens is 338 g/mol. The van der Waals surface area contributed by atoms with Crippen molar-refractivity contribution in [3.05, 3.63) is 41.5 Å². The molecule has 4 rings (SSSR count). The van der Waals surface area contributed by atoms with Crippen LogP contribution in [-0.4, -0.2) is 52.7 Å². The highest BCUT2D eigenvalue weighted by molar-refractivity contribution is 5.85. The number of benzene rings is 1. The van der Waals surface area contributed by atoms with Gasteiger partial charge in [0.25, 0.3) is 0 Å². The summed E-state index contributed by atoms with van der Waals surface area (Å²) < 4.78 is 7.87. The number of hydrogen-bond acceptors (Lipinski definition) is 5. The first-order valence-electron chi connectivity index (χ1n) is 9.49. The molecule has 1 fully saturated rings. The van der Waals surface area contributed by atoms with Crippen LogP contribution in [0.4, 0.5) is 5.82 Å². The van der Waals surface area contributed by atoms with Crippen molar-refractivity contribution in [1.29, 1.82) is 5.26 Å². The van der Waals surface area contributed by atoms with E-state index >= 15 is 0 Å². The van der Waals surface area contributed by atoms with Crippen LogP contribution in [-0.2, 0) is 4.74 Å². The van der Waals surface area contributed by atoms with E-state index in [4.69, 9.17) is 9.72 Å². The molecule has 0 bridgehead atoms. The van der Waals surface area contributed by atoms with E-state index in [1.807, 2.05) is 37.3 Å².